The Kier molecular flexibility index (Phi) is 2.35. The van der Waals surface area contributed by atoms with Crippen LogP contribution in [0.3, 0.4) is 0 Å². The lowest BCUT2D eigenvalue weighted by atomic mass is 10.3. The van der Waals surface area contributed by atoms with Crippen molar-refractivity contribution in [3.8, 4) is 6.07 Å². The van der Waals surface area contributed by atoms with Gasteiger partial charge in [-0.3, -0.25) is 0 Å². The van der Waals surface area contributed by atoms with Crippen LogP contribution in [-0.2, 0) is 6.54 Å². The third-order valence-electron chi connectivity index (χ3n) is 1.91. The van der Waals surface area contributed by atoms with E-state index < -0.39 is 0 Å². The molecule has 1 aromatic heterocycles. The van der Waals surface area contributed by atoms with Crippen molar-refractivity contribution < 1.29 is 0 Å². The molecule has 0 aliphatic carbocycles. The van der Waals surface area contributed by atoms with E-state index in [2.05, 4.69) is 12.6 Å². The van der Waals surface area contributed by atoms with Crippen LogP contribution in [0.25, 0.3) is 0 Å². The zero-order valence-corrected chi connectivity index (χ0v) is 7.46. The van der Waals surface area contributed by atoms with Gasteiger partial charge in [-0.25, -0.2) is 0 Å². The minimum Gasteiger partial charge on any atom is -0.333 e. The third kappa shape index (κ3) is 1.26. The molecule has 0 bridgehead atoms. The smallest absolute Gasteiger partial charge is 0.123 e. The van der Waals surface area contributed by atoms with Crippen molar-refractivity contribution in [3.05, 3.63) is 35.7 Å². The summed E-state index contributed by atoms with van der Waals surface area (Å²) in [6, 6.07) is 4.20. The average molecular weight is 160 g/mol. The maximum atomic E-state index is 8.83. The molecule has 1 aromatic rings. The topological polar surface area (TPSA) is 28.7 Å². The van der Waals surface area contributed by atoms with Gasteiger partial charge in [-0.1, -0.05) is 6.08 Å². The third-order valence-corrected chi connectivity index (χ3v) is 1.91. The number of hydrogen-bond acceptors (Lipinski definition) is 1. The number of nitrogens with zero attached hydrogens (tertiary/aromatic N) is 2. The van der Waals surface area contributed by atoms with Crippen molar-refractivity contribution in [2.24, 2.45) is 0 Å². The van der Waals surface area contributed by atoms with Crippen molar-refractivity contribution in [1.82, 2.24) is 4.57 Å². The summed E-state index contributed by atoms with van der Waals surface area (Å²) in [7, 11) is 0. The van der Waals surface area contributed by atoms with E-state index in [4.69, 9.17) is 5.26 Å². The van der Waals surface area contributed by atoms with Gasteiger partial charge in [-0.15, -0.1) is 6.58 Å². The van der Waals surface area contributed by atoms with Gasteiger partial charge in [0.15, 0.2) is 0 Å². The fourth-order valence-corrected chi connectivity index (χ4v) is 1.36. The Labute approximate surface area is 72.7 Å². The van der Waals surface area contributed by atoms with Crippen molar-refractivity contribution in [1.29, 1.82) is 5.26 Å². The molecule has 0 N–H and O–H groups in total. The normalized spacial score (nSPS) is 9.42. The SMILES string of the molecule is C=CCn1c(C)cc(C)c1C#N. The minimum absolute atomic E-state index is 0.711. The van der Waals surface area contributed by atoms with Gasteiger partial charge in [0.2, 0.25) is 0 Å². The summed E-state index contributed by atoms with van der Waals surface area (Å²) in [4.78, 5) is 0. The highest BCUT2D eigenvalue weighted by atomic mass is 15.0. The lowest BCUT2D eigenvalue weighted by Crippen LogP contribution is -2.00. The Hall–Kier alpha value is -1.49. The Morgan fingerprint density at radius 3 is 2.83 bits per heavy atom. The highest BCUT2D eigenvalue weighted by molar-refractivity contribution is 5.35. The van der Waals surface area contributed by atoms with E-state index in [0.717, 1.165) is 17.0 Å². The second-order valence-corrected chi connectivity index (χ2v) is 2.83. The van der Waals surface area contributed by atoms with E-state index in [9.17, 15) is 0 Å². The van der Waals surface area contributed by atoms with E-state index in [0.29, 0.717) is 6.54 Å². The second-order valence-electron chi connectivity index (χ2n) is 2.83. The van der Waals surface area contributed by atoms with Gasteiger partial charge >= 0.3 is 0 Å². The van der Waals surface area contributed by atoms with Gasteiger partial charge in [0, 0.05) is 12.2 Å². The predicted octanol–water partition coefficient (Wildman–Crippen LogP) is 2.16. The first-order valence-electron chi connectivity index (χ1n) is 3.88. The first kappa shape index (κ1) is 8.61. The second kappa shape index (κ2) is 3.27. The quantitative estimate of drug-likeness (QED) is 0.609. The lowest BCUT2D eigenvalue weighted by molar-refractivity contribution is 0.784. The molecule has 0 aromatic carbocycles. The number of aryl methyl sites for hydroxylation is 2. The van der Waals surface area contributed by atoms with Crippen LogP contribution in [0.1, 0.15) is 17.0 Å². The van der Waals surface area contributed by atoms with Crippen LogP contribution in [-0.4, -0.2) is 4.57 Å². The van der Waals surface area contributed by atoms with E-state index in [-0.39, 0.29) is 0 Å². The van der Waals surface area contributed by atoms with E-state index in [1.165, 1.54) is 0 Å². The first-order chi connectivity index (χ1) is 5.70. The van der Waals surface area contributed by atoms with Crippen molar-refractivity contribution in [2.75, 3.05) is 0 Å². The molecule has 0 unspecified atom stereocenters. The predicted molar refractivity (Wildman–Crippen MR) is 48.8 cm³/mol. The monoisotopic (exact) mass is 160 g/mol. The molecule has 1 rings (SSSR count). The molecule has 2 nitrogen and oxygen atoms in total. The molecular formula is C10H12N2. The summed E-state index contributed by atoms with van der Waals surface area (Å²) in [5.74, 6) is 0. The average Bonchev–Trinajstić information content (AvgIpc) is 2.28. The summed E-state index contributed by atoms with van der Waals surface area (Å²) < 4.78 is 1.96. The van der Waals surface area contributed by atoms with Crippen molar-refractivity contribution in [3.63, 3.8) is 0 Å². The van der Waals surface area contributed by atoms with Crippen LogP contribution in [0, 0.1) is 25.2 Å². The molecule has 0 fully saturated rings. The zero-order chi connectivity index (χ0) is 9.14. The molecule has 0 aliphatic rings. The van der Waals surface area contributed by atoms with Crippen LogP contribution in [0.2, 0.25) is 0 Å². The maximum absolute atomic E-state index is 8.83. The van der Waals surface area contributed by atoms with Gasteiger partial charge in [0.05, 0.1) is 0 Å². The fourth-order valence-electron chi connectivity index (χ4n) is 1.36. The van der Waals surface area contributed by atoms with Crippen molar-refractivity contribution in [2.45, 2.75) is 20.4 Å². The summed E-state index contributed by atoms with van der Waals surface area (Å²) in [6.45, 7) is 8.31. The highest BCUT2D eigenvalue weighted by Crippen LogP contribution is 2.13. The Bertz CT molecular complexity index is 339. The summed E-state index contributed by atoms with van der Waals surface area (Å²) >= 11 is 0. The molecule has 0 saturated heterocycles. The Balaban J connectivity index is 3.24. The summed E-state index contributed by atoms with van der Waals surface area (Å²) in [5.41, 5.74) is 2.90. The molecule has 0 spiro atoms. The van der Waals surface area contributed by atoms with Gasteiger partial charge in [-0.2, -0.15) is 5.26 Å². The largest absolute Gasteiger partial charge is 0.333 e. The van der Waals surface area contributed by atoms with Crippen LogP contribution in [0.4, 0.5) is 0 Å². The summed E-state index contributed by atoms with van der Waals surface area (Å²) in [6.07, 6.45) is 1.80. The molecule has 0 amide bonds. The molecule has 0 aliphatic heterocycles. The molecular weight excluding hydrogens is 148 g/mol. The molecule has 1 heterocycles. The number of nitriles is 1. The standard InChI is InChI=1S/C10H12N2/c1-4-5-12-9(3)6-8(2)10(12)7-11/h4,6H,1,5H2,2-3H3. The van der Waals surface area contributed by atoms with Crippen molar-refractivity contribution >= 4 is 0 Å². The number of aromatic nitrogens is 1. The molecule has 0 radical (unpaired) electrons. The Morgan fingerprint density at radius 2 is 2.33 bits per heavy atom. The van der Waals surface area contributed by atoms with Crippen LogP contribution in [0.15, 0.2) is 18.7 Å². The van der Waals surface area contributed by atoms with Crippen LogP contribution < -0.4 is 0 Å². The van der Waals surface area contributed by atoms with Crippen LogP contribution in [0.5, 0.6) is 0 Å². The van der Waals surface area contributed by atoms with Gasteiger partial charge in [0.1, 0.15) is 11.8 Å². The maximum Gasteiger partial charge on any atom is 0.123 e. The van der Waals surface area contributed by atoms with Gasteiger partial charge in [0.25, 0.3) is 0 Å². The van der Waals surface area contributed by atoms with E-state index in [1.807, 2.05) is 24.5 Å². The molecule has 0 saturated carbocycles. The number of allylic oxidation sites excluding steroid dienone is 1. The lowest BCUT2D eigenvalue weighted by Gasteiger charge is -2.02. The molecule has 0 atom stereocenters. The minimum atomic E-state index is 0.711. The zero-order valence-electron chi connectivity index (χ0n) is 7.46. The molecule has 12 heavy (non-hydrogen) atoms. The number of hydrogen-bond donors (Lipinski definition) is 0. The molecule has 2 heteroatoms. The first-order valence-corrected chi connectivity index (χ1v) is 3.88. The van der Waals surface area contributed by atoms with Gasteiger partial charge in [-0.05, 0) is 25.5 Å². The number of rotatable bonds is 2. The fraction of sp³-hybridized carbons (Fsp3) is 0.300. The summed E-state index contributed by atoms with van der Waals surface area (Å²) in [5, 5.41) is 8.83. The Morgan fingerprint density at radius 1 is 1.67 bits per heavy atom. The van der Waals surface area contributed by atoms with E-state index in [1.54, 1.807) is 6.08 Å². The van der Waals surface area contributed by atoms with Gasteiger partial charge < -0.3 is 4.57 Å². The van der Waals surface area contributed by atoms with E-state index >= 15 is 0 Å². The van der Waals surface area contributed by atoms with Crippen LogP contribution >= 0.6 is 0 Å². The highest BCUT2D eigenvalue weighted by Gasteiger charge is 2.06. The molecule has 62 valence electrons.